The molecule has 0 radical (unpaired) electrons. The molecule has 1 saturated heterocycles. The zero-order chi connectivity index (χ0) is 23.5. The number of pyridine rings is 1. The first-order valence-electron chi connectivity index (χ1n) is 11.0. The lowest BCUT2D eigenvalue weighted by Gasteiger charge is -2.27. The summed E-state index contributed by atoms with van der Waals surface area (Å²) in [6.07, 6.45) is 4.59. The summed E-state index contributed by atoms with van der Waals surface area (Å²) in [6.45, 7) is 1.08. The number of benzene rings is 2. The van der Waals surface area contributed by atoms with E-state index in [4.69, 9.17) is 0 Å². The Morgan fingerprint density at radius 1 is 1.00 bits per heavy atom. The highest BCUT2D eigenvalue weighted by Crippen LogP contribution is 2.25. The second-order valence-corrected chi connectivity index (χ2v) is 8.14. The first-order chi connectivity index (χ1) is 16.5. The van der Waals surface area contributed by atoms with Crippen molar-refractivity contribution in [2.45, 2.75) is 18.6 Å². The van der Waals surface area contributed by atoms with Crippen molar-refractivity contribution < 1.29 is 13.6 Å². The van der Waals surface area contributed by atoms with E-state index in [0.29, 0.717) is 35.9 Å². The number of aromatic nitrogens is 3. The van der Waals surface area contributed by atoms with Crippen LogP contribution < -0.4 is 16.0 Å². The van der Waals surface area contributed by atoms with Crippen molar-refractivity contribution in [2.75, 3.05) is 23.7 Å². The van der Waals surface area contributed by atoms with Gasteiger partial charge >= 0.3 is 0 Å². The minimum atomic E-state index is -0.990. The van der Waals surface area contributed by atoms with Crippen LogP contribution in [-0.4, -0.2) is 46.2 Å². The topological polar surface area (TPSA) is 91.8 Å². The quantitative estimate of drug-likeness (QED) is 0.414. The smallest absolute Gasteiger partial charge is 0.256 e. The maximum absolute atomic E-state index is 14.2. The van der Waals surface area contributed by atoms with E-state index >= 15 is 0 Å². The van der Waals surface area contributed by atoms with Gasteiger partial charge in [0.25, 0.3) is 5.91 Å². The maximum Gasteiger partial charge on any atom is 0.256 e. The van der Waals surface area contributed by atoms with Crippen molar-refractivity contribution in [1.29, 1.82) is 0 Å². The molecule has 1 unspecified atom stereocenters. The molecule has 0 spiro atoms. The van der Waals surface area contributed by atoms with Gasteiger partial charge in [0.05, 0.1) is 24.1 Å². The van der Waals surface area contributed by atoms with Gasteiger partial charge in [0.1, 0.15) is 23.6 Å². The van der Waals surface area contributed by atoms with Gasteiger partial charge in [-0.05, 0) is 54.8 Å². The second kappa shape index (κ2) is 9.48. The largest absolute Gasteiger partial charge is 0.363 e. The van der Waals surface area contributed by atoms with Gasteiger partial charge in [-0.2, -0.15) is 0 Å². The van der Waals surface area contributed by atoms with Gasteiger partial charge in [0.2, 0.25) is 0 Å². The molecule has 1 aliphatic heterocycles. The van der Waals surface area contributed by atoms with E-state index in [0.717, 1.165) is 22.9 Å². The first-order valence-corrected chi connectivity index (χ1v) is 11.0. The lowest BCUT2D eigenvalue weighted by atomic mass is 10.0. The normalized spacial score (nSPS) is 17.9. The van der Waals surface area contributed by atoms with Crippen LogP contribution in [0.1, 0.15) is 16.8 Å². The van der Waals surface area contributed by atoms with E-state index in [9.17, 15) is 13.6 Å². The summed E-state index contributed by atoms with van der Waals surface area (Å²) in [6, 6.07) is 12.5. The summed E-state index contributed by atoms with van der Waals surface area (Å²) in [5.41, 5.74) is 1.80. The Bertz CT molecular complexity index is 1330. The molecule has 3 heterocycles. The number of piperidine rings is 1. The number of nitrogens with one attached hydrogen (secondary N) is 3. The fourth-order valence-corrected chi connectivity index (χ4v) is 3.91. The van der Waals surface area contributed by atoms with Crippen LogP contribution in [0.25, 0.3) is 22.0 Å². The molecular weight excluding hydrogens is 438 g/mol. The molecule has 172 valence electrons. The third-order valence-corrected chi connectivity index (χ3v) is 5.74. The lowest BCUT2D eigenvalue weighted by molar-refractivity contribution is 0.102. The van der Waals surface area contributed by atoms with Crippen molar-refractivity contribution in [1.82, 2.24) is 20.3 Å². The molecule has 34 heavy (non-hydrogen) atoms. The molecule has 3 N–H and O–H groups in total. The Hall–Kier alpha value is -3.98. The third kappa shape index (κ3) is 4.84. The lowest BCUT2D eigenvalue weighted by Crippen LogP contribution is -2.45. The van der Waals surface area contributed by atoms with Crippen LogP contribution in [0.3, 0.4) is 0 Å². The van der Waals surface area contributed by atoms with E-state index in [-0.39, 0.29) is 11.9 Å². The molecule has 0 aliphatic carbocycles. The molecule has 1 aliphatic rings. The zero-order valence-corrected chi connectivity index (χ0v) is 18.1. The van der Waals surface area contributed by atoms with Gasteiger partial charge in [0, 0.05) is 29.3 Å². The van der Waals surface area contributed by atoms with Crippen LogP contribution in [-0.2, 0) is 0 Å². The number of nitrogens with zero attached hydrogens (tertiary/aromatic N) is 3. The molecule has 2 atom stereocenters. The fourth-order valence-electron chi connectivity index (χ4n) is 3.91. The zero-order valence-electron chi connectivity index (χ0n) is 18.1. The summed E-state index contributed by atoms with van der Waals surface area (Å²) in [5.74, 6) is 0.113. The number of fused-ring (bicyclic) bond motifs is 1. The number of anilines is 2. The van der Waals surface area contributed by atoms with Crippen molar-refractivity contribution in [3.63, 3.8) is 0 Å². The first kappa shape index (κ1) is 21.8. The molecule has 2 aromatic heterocycles. The average molecular weight is 460 g/mol. The van der Waals surface area contributed by atoms with E-state index in [1.165, 1.54) is 24.3 Å². The maximum atomic E-state index is 14.2. The van der Waals surface area contributed by atoms with E-state index in [2.05, 4.69) is 30.9 Å². The summed E-state index contributed by atoms with van der Waals surface area (Å²) in [4.78, 5) is 25.6. The number of carbonyl (C=O) groups is 1. The van der Waals surface area contributed by atoms with Crippen molar-refractivity contribution in [3.05, 3.63) is 78.5 Å². The van der Waals surface area contributed by atoms with Crippen LogP contribution in [0.2, 0.25) is 0 Å². The van der Waals surface area contributed by atoms with Gasteiger partial charge in [-0.1, -0.05) is 12.1 Å². The SMILES string of the molecule is O=C(Nc1cc2cc(-c3cncc(NC4CCNC[C@@H]4F)n3)ccc2cn1)c1ccc(F)cc1. The highest BCUT2D eigenvalue weighted by atomic mass is 19.1. The average Bonchev–Trinajstić information content (AvgIpc) is 2.85. The van der Waals surface area contributed by atoms with Gasteiger partial charge < -0.3 is 16.0 Å². The fraction of sp³-hybridized carbons (Fsp3) is 0.200. The number of carbonyl (C=O) groups excluding carboxylic acids is 1. The van der Waals surface area contributed by atoms with Crippen molar-refractivity contribution >= 4 is 28.3 Å². The number of amides is 1. The summed E-state index contributed by atoms with van der Waals surface area (Å²) >= 11 is 0. The van der Waals surface area contributed by atoms with Crippen LogP contribution in [0.5, 0.6) is 0 Å². The van der Waals surface area contributed by atoms with Gasteiger partial charge in [-0.3, -0.25) is 9.78 Å². The molecule has 4 aromatic rings. The molecule has 7 nitrogen and oxygen atoms in total. The summed E-state index contributed by atoms with van der Waals surface area (Å²) < 4.78 is 27.3. The minimum absolute atomic E-state index is 0.305. The Morgan fingerprint density at radius 3 is 2.68 bits per heavy atom. The third-order valence-electron chi connectivity index (χ3n) is 5.74. The molecule has 9 heteroatoms. The summed E-state index contributed by atoms with van der Waals surface area (Å²) in [7, 11) is 0. The number of rotatable bonds is 5. The van der Waals surface area contributed by atoms with Crippen LogP contribution in [0.15, 0.2) is 67.1 Å². The highest BCUT2D eigenvalue weighted by Gasteiger charge is 2.24. The van der Waals surface area contributed by atoms with Crippen LogP contribution in [0, 0.1) is 5.82 Å². The molecule has 1 fully saturated rings. The van der Waals surface area contributed by atoms with Gasteiger partial charge in [-0.25, -0.2) is 18.7 Å². The molecular formula is C25H22F2N6O. The molecule has 0 bridgehead atoms. The number of halogens is 2. The predicted octanol–water partition coefficient (Wildman–Crippen LogP) is 4.20. The number of hydrogen-bond donors (Lipinski definition) is 3. The highest BCUT2D eigenvalue weighted by molar-refractivity contribution is 6.04. The van der Waals surface area contributed by atoms with Gasteiger partial charge in [-0.15, -0.1) is 0 Å². The second-order valence-electron chi connectivity index (χ2n) is 8.14. The Kier molecular flexibility index (Phi) is 6.09. The van der Waals surface area contributed by atoms with Crippen LogP contribution in [0.4, 0.5) is 20.4 Å². The molecule has 1 amide bonds. The van der Waals surface area contributed by atoms with Crippen LogP contribution >= 0.6 is 0 Å². The molecule has 0 saturated carbocycles. The van der Waals surface area contributed by atoms with Gasteiger partial charge in [0.15, 0.2) is 0 Å². The minimum Gasteiger partial charge on any atom is -0.363 e. The summed E-state index contributed by atoms with van der Waals surface area (Å²) in [5, 5.41) is 10.7. The monoisotopic (exact) mass is 460 g/mol. The Balaban J connectivity index is 1.37. The van der Waals surface area contributed by atoms with Crippen molar-refractivity contribution in [2.24, 2.45) is 0 Å². The standard InChI is InChI=1S/C25H22F2N6O/c26-19-5-3-15(4-6-19)25(34)33-23-10-18-9-16(1-2-17(18)11-30-23)22-13-29-14-24(32-22)31-21-7-8-28-12-20(21)27/h1-6,9-11,13-14,20-21,28H,7-8,12H2,(H,31,32)(H,30,33,34)/t20-,21?/m0/s1. The van der Waals surface area contributed by atoms with E-state index in [1.54, 1.807) is 24.7 Å². The number of alkyl halides is 1. The van der Waals surface area contributed by atoms with E-state index < -0.39 is 12.0 Å². The predicted molar refractivity (Wildman–Crippen MR) is 127 cm³/mol. The van der Waals surface area contributed by atoms with E-state index in [1.807, 2.05) is 18.2 Å². The number of hydrogen-bond acceptors (Lipinski definition) is 6. The van der Waals surface area contributed by atoms with Crippen molar-refractivity contribution in [3.8, 4) is 11.3 Å². The molecule has 2 aromatic carbocycles. The Labute approximate surface area is 194 Å². The molecule has 5 rings (SSSR count). The Morgan fingerprint density at radius 2 is 1.85 bits per heavy atom.